The van der Waals surface area contributed by atoms with Crippen molar-refractivity contribution in [1.29, 1.82) is 0 Å². The summed E-state index contributed by atoms with van der Waals surface area (Å²) in [5.41, 5.74) is 2.58. The van der Waals surface area contributed by atoms with E-state index in [-0.39, 0.29) is 24.2 Å². The average molecular weight is 380 g/mol. The van der Waals surface area contributed by atoms with Crippen molar-refractivity contribution >= 4 is 23.3 Å². The van der Waals surface area contributed by atoms with Crippen LogP contribution in [0.3, 0.4) is 0 Å². The lowest BCUT2D eigenvalue weighted by atomic mass is 10.1. The molecule has 0 radical (unpaired) electrons. The molecule has 0 atom stereocenters. The summed E-state index contributed by atoms with van der Waals surface area (Å²) in [7, 11) is 0. The van der Waals surface area contributed by atoms with Gasteiger partial charge in [0.15, 0.2) is 12.4 Å². The molecule has 0 spiro atoms. The number of ketones is 1. The Morgan fingerprint density at radius 2 is 1.79 bits per heavy atom. The van der Waals surface area contributed by atoms with Crippen LogP contribution in [-0.4, -0.2) is 30.7 Å². The van der Waals surface area contributed by atoms with Crippen LogP contribution in [0.2, 0.25) is 0 Å². The van der Waals surface area contributed by atoms with Crippen LogP contribution in [0.5, 0.6) is 5.75 Å². The number of fused-ring (bicyclic) bond motifs is 1. The van der Waals surface area contributed by atoms with Crippen LogP contribution in [0.15, 0.2) is 42.5 Å². The highest BCUT2D eigenvalue weighted by atomic mass is 16.5. The molecule has 1 aliphatic heterocycles. The van der Waals surface area contributed by atoms with Gasteiger partial charge in [-0.3, -0.25) is 14.4 Å². The predicted octanol–water partition coefficient (Wildman–Crippen LogP) is 3.20. The van der Waals surface area contributed by atoms with Gasteiger partial charge in [-0.1, -0.05) is 26.0 Å². The molecule has 3 rings (SSSR count). The normalized spacial score (nSPS) is 13.1. The molecule has 0 aliphatic carbocycles. The van der Waals surface area contributed by atoms with Gasteiger partial charge in [0, 0.05) is 17.7 Å². The maximum Gasteiger partial charge on any atom is 0.265 e. The van der Waals surface area contributed by atoms with Crippen molar-refractivity contribution in [1.82, 2.24) is 5.32 Å². The van der Waals surface area contributed by atoms with E-state index in [2.05, 4.69) is 5.32 Å². The van der Waals surface area contributed by atoms with Gasteiger partial charge >= 0.3 is 0 Å². The second-order valence-corrected chi connectivity index (χ2v) is 7.31. The lowest BCUT2D eigenvalue weighted by Crippen LogP contribution is -2.38. The number of hydrogen-bond acceptors (Lipinski definition) is 4. The number of nitrogens with one attached hydrogen (secondary N) is 1. The summed E-state index contributed by atoms with van der Waals surface area (Å²) >= 11 is 0. The Morgan fingerprint density at radius 1 is 1.11 bits per heavy atom. The topological polar surface area (TPSA) is 75.7 Å². The molecule has 1 N–H and O–H groups in total. The fourth-order valence-corrected chi connectivity index (χ4v) is 2.94. The van der Waals surface area contributed by atoms with Gasteiger partial charge in [0.05, 0.1) is 12.2 Å². The number of Topliss-reactive ketones (excluding diaryl/α,β-unsaturated/α-hetero) is 1. The SMILES string of the molecule is CC(=O)c1ccc2c(c1)N(Cc1ccc(C(=O)NCC(C)C)cc1)C(=O)CO2. The molecule has 2 amide bonds. The van der Waals surface area contributed by atoms with Crippen LogP contribution >= 0.6 is 0 Å². The van der Waals surface area contributed by atoms with Crippen LogP contribution in [0, 0.1) is 5.92 Å². The first-order valence-corrected chi connectivity index (χ1v) is 9.30. The van der Waals surface area contributed by atoms with Crippen molar-refractivity contribution in [2.45, 2.75) is 27.3 Å². The molecule has 6 heteroatoms. The van der Waals surface area contributed by atoms with E-state index in [0.29, 0.717) is 41.6 Å². The monoisotopic (exact) mass is 380 g/mol. The number of benzene rings is 2. The maximum atomic E-state index is 12.4. The Hall–Kier alpha value is -3.15. The molecular formula is C22H24N2O4. The summed E-state index contributed by atoms with van der Waals surface area (Å²) in [4.78, 5) is 37.9. The van der Waals surface area contributed by atoms with Gasteiger partial charge in [-0.25, -0.2) is 0 Å². The first-order chi connectivity index (χ1) is 13.3. The molecule has 0 saturated carbocycles. The number of rotatable bonds is 6. The quantitative estimate of drug-likeness (QED) is 0.781. The number of anilines is 1. The molecule has 0 unspecified atom stereocenters. The summed E-state index contributed by atoms with van der Waals surface area (Å²) in [5, 5.41) is 2.88. The molecular weight excluding hydrogens is 356 g/mol. The molecule has 146 valence electrons. The highest BCUT2D eigenvalue weighted by Gasteiger charge is 2.26. The van der Waals surface area contributed by atoms with Crippen molar-refractivity contribution in [3.8, 4) is 5.75 Å². The highest BCUT2D eigenvalue weighted by molar-refractivity contribution is 6.01. The zero-order valence-electron chi connectivity index (χ0n) is 16.3. The number of amides is 2. The zero-order valence-corrected chi connectivity index (χ0v) is 16.3. The second-order valence-electron chi connectivity index (χ2n) is 7.31. The summed E-state index contributed by atoms with van der Waals surface area (Å²) < 4.78 is 5.48. The third kappa shape index (κ3) is 4.39. The first kappa shape index (κ1) is 19.6. The minimum absolute atomic E-state index is 0.0396. The fraction of sp³-hybridized carbons (Fsp3) is 0.318. The Morgan fingerprint density at radius 3 is 2.43 bits per heavy atom. The molecule has 0 fully saturated rings. The average Bonchev–Trinajstić information content (AvgIpc) is 2.68. The van der Waals surface area contributed by atoms with E-state index < -0.39 is 0 Å². The van der Waals surface area contributed by atoms with Gasteiger partial charge in [0.1, 0.15) is 5.75 Å². The Bertz CT molecular complexity index is 903. The van der Waals surface area contributed by atoms with Crippen LogP contribution in [0.4, 0.5) is 5.69 Å². The molecule has 2 aromatic rings. The number of hydrogen-bond donors (Lipinski definition) is 1. The van der Waals surface area contributed by atoms with E-state index in [9.17, 15) is 14.4 Å². The van der Waals surface area contributed by atoms with Gasteiger partial charge in [-0.2, -0.15) is 0 Å². The maximum absolute atomic E-state index is 12.4. The number of nitrogens with zero attached hydrogens (tertiary/aromatic N) is 1. The zero-order chi connectivity index (χ0) is 20.3. The molecule has 0 aromatic heterocycles. The highest BCUT2D eigenvalue weighted by Crippen LogP contribution is 2.34. The first-order valence-electron chi connectivity index (χ1n) is 9.30. The standard InChI is InChI=1S/C22H24N2O4/c1-14(2)11-23-22(27)17-6-4-16(5-7-17)12-24-19-10-18(15(3)25)8-9-20(19)28-13-21(24)26/h4-10,14H,11-13H2,1-3H3,(H,23,27). The van der Waals surface area contributed by atoms with Gasteiger partial charge < -0.3 is 15.0 Å². The lowest BCUT2D eigenvalue weighted by Gasteiger charge is -2.29. The van der Waals surface area contributed by atoms with E-state index >= 15 is 0 Å². The van der Waals surface area contributed by atoms with E-state index in [1.165, 1.54) is 6.92 Å². The molecule has 6 nitrogen and oxygen atoms in total. The van der Waals surface area contributed by atoms with Crippen molar-refractivity contribution < 1.29 is 19.1 Å². The minimum Gasteiger partial charge on any atom is -0.482 e. The molecule has 28 heavy (non-hydrogen) atoms. The Labute approximate surface area is 164 Å². The Balaban J connectivity index is 1.78. The summed E-state index contributed by atoms with van der Waals surface area (Å²) in [5.74, 6) is 0.605. The summed E-state index contributed by atoms with van der Waals surface area (Å²) in [6.45, 7) is 6.49. The van der Waals surface area contributed by atoms with Crippen LogP contribution in [0.1, 0.15) is 47.1 Å². The molecule has 0 bridgehead atoms. The summed E-state index contributed by atoms with van der Waals surface area (Å²) in [6, 6.07) is 12.3. The smallest absolute Gasteiger partial charge is 0.265 e. The van der Waals surface area contributed by atoms with Gasteiger partial charge in [-0.15, -0.1) is 0 Å². The number of carbonyl (C=O) groups is 3. The number of carbonyl (C=O) groups excluding carboxylic acids is 3. The molecule has 1 aliphatic rings. The predicted molar refractivity (Wildman–Crippen MR) is 107 cm³/mol. The Kier molecular flexibility index (Phi) is 5.78. The van der Waals surface area contributed by atoms with Gasteiger partial charge in [0.25, 0.3) is 11.8 Å². The van der Waals surface area contributed by atoms with Crippen molar-refractivity contribution in [3.05, 3.63) is 59.2 Å². The fourth-order valence-electron chi connectivity index (χ4n) is 2.94. The van der Waals surface area contributed by atoms with Crippen LogP contribution < -0.4 is 15.0 Å². The molecule has 0 saturated heterocycles. The van der Waals surface area contributed by atoms with Crippen molar-refractivity contribution in [2.24, 2.45) is 5.92 Å². The van der Waals surface area contributed by atoms with Crippen molar-refractivity contribution in [2.75, 3.05) is 18.1 Å². The minimum atomic E-state index is -0.174. The second kappa shape index (κ2) is 8.25. The van der Waals surface area contributed by atoms with Crippen molar-refractivity contribution in [3.63, 3.8) is 0 Å². The van der Waals surface area contributed by atoms with Crippen LogP contribution in [0.25, 0.3) is 0 Å². The third-order valence-corrected chi connectivity index (χ3v) is 4.54. The largest absolute Gasteiger partial charge is 0.482 e. The van der Waals surface area contributed by atoms with E-state index in [1.54, 1.807) is 35.2 Å². The summed E-state index contributed by atoms with van der Waals surface area (Å²) in [6.07, 6.45) is 0. The third-order valence-electron chi connectivity index (χ3n) is 4.54. The lowest BCUT2D eigenvalue weighted by molar-refractivity contribution is -0.121. The van der Waals surface area contributed by atoms with Gasteiger partial charge in [0.2, 0.25) is 0 Å². The van der Waals surface area contributed by atoms with Crippen LogP contribution in [-0.2, 0) is 11.3 Å². The number of ether oxygens (including phenoxy) is 1. The molecule has 2 aromatic carbocycles. The van der Waals surface area contributed by atoms with E-state index in [1.807, 2.05) is 26.0 Å². The molecule has 1 heterocycles. The van der Waals surface area contributed by atoms with E-state index in [4.69, 9.17) is 4.74 Å². The van der Waals surface area contributed by atoms with Gasteiger partial charge in [-0.05, 0) is 48.7 Å². The van der Waals surface area contributed by atoms with E-state index in [0.717, 1.165) is 5.56 Å².